The third-order valence-corrected chi connectivity index (χ3v) is 1.17. The predicted molar refractivity (Wildman–Crippen MR) is 47.8 cm³/mol. The first-order valence-corrected chi connectivity index (χ1v) is 3.41. The molecule has 10 heavy (non-hydrogen) atoms. The number of hydrogen-bond acceptors (Lipinski definition) is 2. The number of unbranched alkanes of at least 4 members (excludes halogenated alkanes) is 1. The molecule has 0 fully saturated rings. The molecule has 0 radical (unpaired) electrons. The van der Waals surface area contributed by atoms with E-state index in [0.717, 1.165) is 12.4 Å². The first kappa shape index (κ1) is 12.1. The van der Waals surface area contributed by atoms with E-state index in [1.807, 2.05) is 7.05 Å². The smallest absolute Gasteiger partial charge is 0.0909 e. The van der Waals surface area contributed by atoms with Crippen molar-refractivity contribution in [1.82, 2.24) is 10.6 Å². The summed E-state index contributed by atoms with van der Waals surface area (Å²) in [5.41, 5.74) is 0. The van der Waals surface area contributed by atoms with Crippen LogP contribution in [0.25, 0.3) is 0 Å². The minimum absolute atomic E-state index is 0. The number of hydrogen-bond donors (Lipinski definition) is 2. The Bertz CT molecular complexity index is 79.3. The molecule has 0 saturated heterocycles. The molecule has 0 atom stereocenters. The van der Waals surface area contributed by atoms with Crippen LogP contribution in [0.3, 0.4) is 0 Å². The van der Waals surface area contributed by atoms with Crippen LogP contribution in [0.1, 0.15) is 27.2 Å². The maximum absolute atomic E-state index is 3.72. The van der Waals surface area contributed by atoms with E-state index >= 15 is 0 Å². The highest BCUT2D eigenvalue weighted by atomic mass is 15.1. The zero-order chi connectivity index (χ0) is 7.11. The minimum Gasteiger partial charge on any atom is -0.375 e. The van der Waals surface area contributed by atoms with Crippen LogP contribution in [-0.2, 0) is 0 Å². The van der Waals surface area contributed by atoms with Gasteiger partial charge in [0, 0.05) is 13.6 Å². The molecule has 0 heterocycles. The molecule has 0 saturated carbocycles. The number of nitrogens with one attached hydrogen (secondary N) is 2. The summed E-state index contributed by atoms with van der Waals surface area (Å²) >= 11 is 0. The Kier molecular flexibility index (Phi) is 10.1. The van der Waals surface area contributed by atoms with Crippen LogP contribution in [0.5, 0.6) is 0 Å². The van der Waals surface area contributed by atoms with E-state index in [1.54, 1.807) is 0 Å². The second-order valence-electron chi connectivity index (χ2n) is 2.01. The monoisotopic (exact) mass is 144 g/mol. The second-order valence-corrected chi connectivity index (χ2v) is 2.01. The zero-order valence-corrected chi connectivity index (χ0v) is 6.33. The summed E-state index contributed by atoms with van der Waals surface area (Å²) in [5, 5.41) is 6.05. The van der Waals surface area contributed by atoms with E-state index in [-0.39, 0.29) is 7.43 Å². The van der Waals surface area contributed by atoms with Crippen LogP contribution < -0.4 is 10.6 Å². The molecule has 0 aliphatic rings. The molecule has 0 aromatic heterocycles. The molecule has 0 aromatic carbocycles. The van der Waals surface area contributed by atoms with Gasteiger partial charge < -0.3 is 10.6 Å². The highest BCUT2D eigenvalue weighted by molar-refractivity contribution is 4.84. The molecule has 0 spiro atoms. The van der Waals surface area contributed by atoms with E-state index in [0.29, 0.717) is 0 Å². The van der Waals surface area contributed by atoms with E-state index < -0.39 is 0 Å². The van der Waals surface area contributed by atoms with Gasteiger partial charge in [0.1, 0.15) is 0 Å². The predicted octanol–water partition coefficient (Wildman–Crippen LogP) is 1.70. The summed E-state index contributed by atoms with van der Waals surface area (Å²) in [6.07, 6.45) is 2.44. The van der Waals surface area contributed by atoms with Gasteiger partial charge in [-0.2, -0.15) is 0 Å². The van der Waals surface area contributed by atoms with Crippen molar-refractivity contribution < 1.29 is 0 Å². The molecule has 0 rings (SSSR count). The molecular weight excluding hydrogens is 124 g/mol. The lowest BCUT2D eigenvalue weighted by atomic mass is 10.3. The largest absolute Gasteiger partial charge is 0.375 e. The lowest BCUT2D eigenvalue weighted by Gasteiger charge is -2.06. The van der Waals surface area contributed by atoms with Gasteiger partial charge in [-0.25, -0.2) is 0 Å². The van der Waals surface area contributed by atoms with E-state index in [2.05, 4.69) is 24.1 Å². The average Bonchev–Trinajstić information content (AvgIpc) is 1.89. The Morgan fingerprint density at radius 1 is 1.50 bits per heavy atom. The summed E-state index contributed by atoms with van der Waals surface area (Å²) in [5.74, 6) is 0.906. The van der Waals surface area contributed by atoms with Crippen molar-refractivity contribution in [2.75, 3.05) is 13.6 Å². The summed E-state index contributed by atoms with van der Waals surface area (Å²) < 4.78 is 0. The molecule has 2 nitrogen and oxygen atoms in total. The Labute approximate surface area is 64.7 Å². The van der Waals surface area contributed by atoms with Gasteiger partial charge in [0.2, 0.25) is 0 Å². The van der Waals surface area contributed by atoms with Crippen LogP contribution in [0, 0.1) is 0 Å². The van der Waals surface area contributed by atoms with Crippen LogP contribution in [-0.4, -0.2) is 13.6 Å². The Hall–Kier alpha value is -0.660. The topological polar surface area (TPSA) is 24.1 Å². The first-order chi connectivity index (χ1) is 4.31. The molecule has 0 bridgehead atoms. The van der Waals surface area contributed by atoms with E-state index in [9.17, 15) is 0 Å². The molecule has 0 aromatic rings. The standard InChI is InChI=1S/C7H16N2.CH4/c1-4-5-6-9-7(2)8-3;/h8-9H,2,4-6H2,1,3H3;1H4. The molecule has 2 N–H and O–H groups in total. The molecule has 62 valence electrons. The Morgan fingerprint density at radius 2 is 2.10 bits per heavy atom. The highest BCUT2D eigenvalue weighted by Gasteiger charge is 1.84. The van der Waals surface area contributed by atoms with Crippen molar-refractivity contribution in [2.45, 2.75) is 27.2 Å². The lowest BCUT2D eigenvalue weighted by molar-refractivity contribution is 0.679. The molecule has 0 unspecified atom stereocenters. The maximum atomic E-state index is 3.72. The molecular formula is C8H20N2. The van der Waals surface area contributed by atoms with Crippen molar-refractivity contribution in [3.8, 4) is 0 Å². The fraction of sp³-hybridized carbons (Fsp3) is 0.750. The quantitative estimate of drug-likeness (QED) is 0.574. The average molecular weight is 144 g/mol. The zero-order valence-electron chi connectivity index (χ0n) is 6.33. The van der Waals surface area contributed by atoms with Crippen molar-refractivity contribution in [1.29, 1.82) is 0 Å². The van der Waals surface area contributed by atoms with Crippen LogP contribution in [0.4, 0.5) is 0 Å². The van der Waals surface area contributed by atoms with Gasteiger partial charge >= 0.3 is 0 Å². The fourth-order valence-electron chi connectivity index (χ4n) is 0.504. The molecule has 0 aliphatic carbocycles. The molecule has 0 aliphatic heterocycles. The van der Waals surface area contributed by atoms with E-state index in [1.165, 1.54) is 12.8 Å². The first-order valence-electron chi connectivity index (χ1n) is 3.41. The van der Waals surface area contributed by atoms with Gasteiger partial charge in [0.25, 0.3) is 0 Å². The van der Waals surface area contributed by atoms with E-state index in [4.69, 9.17) is 0 Å². The van der Waals surface area contributed by atoms with Crippen molar-refractivity contribution in [3.63, 3.8) is 0 Å². The van der Waals surface area contributed by atoms with Gasteiger partial charge in [-0.1, -0.05) is 27.4 Å². The van der Waals surface area contributed by atoms with Gasteiger partial charge in [0.05, 0.1) is 5.82 Å². The summed E-state index contributed by atoms with van der Waals surface area (Å²) in [7, 11) is 1.86. The van der Waals surface area contributed by atoms with Gasteiger partial charge in [-0.05, 0) is 6.42 Å². The molecule has 2 heteroatoms. The second kappa shape index (κ2) is 8.34. The van der Waals surface area contributed by atoms with Crippen LogP contribution >= 0.6 is 0 Å². The summed E-state index contributed by atoms with van der Waals surface area (Å²) in [4.78, 5) is 0. The third kappa shape index (κ3) is 7.34. The van der Waals surface area contributed by atoms with Crippen molar-refractivity contribution >= 4 is 0 Å². The van der Waals surface area contributed by atoms with Crippen LogP contribution in [0.2, 0.25) is 0 Å². The van der Waals surface area contributed by atoms with Gasteiger partial charge in [-0.15, -0.1) is 0 Å². The highest BCUT2D eigenvalue weighted by Crippen LogP contribution is 1.83. The third-order valence-electron chi connectivity index (χ3n) is 1.17. The lowest BCUT2D eigenvalue weighted by Crippen LogP contribution is -2.22. The Balaban J connectivity index is 0. The summed E-state index contributed by atoms with van der Waals surface area (Å²) in [6.45, 7) is 6.92. The minimum atomic E-state index is 0. The van der Waals surface area contributed by atoms with Crippen LogP contribution in [0.15, 0.2) is 12.4 Å². The van der Waals surface area contributed by atoms with Crippen molar-refractivity contribution in [3.05, 3.63) is 12.4 Å². The summed E-state index contributed by atoms with van der Waals surface area (Å²) in [6, 6.07) is 0. The number of rotatable bonds is 5. The van der Waals surface area contributed by atoms with Gasteiger partial charge in [-0.3, -0.25) is 0 Å². The van der Waals surface area contributed by atoms with Gasteiger partial charge in [0.15, 0.2) is 0 Å². The van der Waals surface area contributed by atoms with Crippen molar-refractivity contribution in [2.24, 2.45) is 0 Å². The fourth-order valence-corrected chi connectivity index (χ4v) is 0.504. The SMILES string of the molecule is C.C=C(NC)NCCCC. The normalized spacial score (nSPS) is 7.80. The maximum Gasteiger partial charge on any atom is 0.0909 e. The molecule has 0 amide bonds. The Morgan fingerprint density at radius 3 is 2.50 bits per heavy atom.